The molecule has 0 aromatic heterocycles. The Labute approximate surface area is 147 Å². The van der Waals surface area contributed by atoms with Gasteiger partial charge >= 0.3 is 0 Å². The SMILES string of the molecule is O=S(=O)(CCN1CCC(Cc2cc(F)cc(F)c2)C1)c1ccccc1. The van der Waals surface area contributed by atoms with E-state index < -0.39 is 21.5 Å². The van der Waals surface area contributed by atoms with Gasteiger partial charge in [0.2, 0.25) is 0 Å². The zero-order chi connectivity index (χ0) is 17.9. The zero-order valence-electron chi connectivity index (χ0n) is 13.9. The maximum absolute atomic E-state index is 13.3. The van der Waals surface area contributed by atoms with Crippen LogP contribution in [-0.4, -0.2) is 38.7 Å². The van der Waals surface area contributed by atoms with E-state index in [9.17, 15) is 17.2 Å². The molecule has 1 saturated heterocycles. The van der Waals surface area contributed by atoms with Crippen LogP contribution in [0.2, 0.25) is 0 Å². The van der Waals surface area contributed by atoms with Crippen molar-refractivity contribution in [3.8, 4) is 0 Å². The summed E-state index contributed by atoms with van der Waals surface area (Å²) in [5.74, 6) is -0.739. The van der Waals surface area contributed by atoms with Crippen molar-refractivity contribution in [1.29, 1.82) is 0 Å². The lowest BCUT2D eigenvalue weighted by molar-refractivity contribution is 0.342. The number of sulfone groups is 1. The van der Waals surface area contributed by atoms with E-state index in [0.29, 0.717) is 29.3 Å². The average Bonchev–Trinajstić information content (AvgIpc) is 3.00. The average molecular weight is 365 g/mol. The molecule has 3 rings (SSSR count). The highest BCUT2D eigenvalue weighted by Crippen LogP contribution is 2.22. The predicted octanol–water partition coefficient (Wildman–Crippen LogP) is 3.30. The van der Waals surface area contributed by atoms with Crippen molar-refractivity contribution in [2.24, 2.45) is 5.92 Å². The van der Waals surface area contributed by atoms with E-state index in [-0.39, 0.29) is 5.75 Å². The summed E-state index contributed by atoms with van der Waals surface area (Å²) in [7, 11) is -3.28. The Morgan fingerprint density at radius 3 is 2.40 bits per heavy atom. The van der Waals surface area contributed by atoms with Crippen molar-refractivity contribution in [2.75, 3.05) is 25.4 Å². The van der Waals surface area contributed by atoms with Gasteiger partial charge in [-0.1, -0.05) is 18.2 Å². The topological polar surface area (TPSA) is 37.4 Å². The summed E-state index contributed by atoms with van der Waals surface area (Å²) < 4.78 is 51.2. The quantitative estimate of drug-likeness (QED) is 0.788. The van der Waals surface area contributed by atoms with Crippen LogP contribution in [0.25, 0.3) is 0 Å². The summed E-state index contributed by atoms with van der Waals surface area (Å²) in [6, 6.07) is 12.1. The number of halogens is 2. The van der Waals surface area contributed by atoms with Crippen LogP contribution in [0.15, 0.2) is 53.4 Å². The Kier molecular flexibility index (Phi) is 5.49. The molecule has 1 unspecified atom stereocenters. The van der Waals surface area contributed by atoms with Crippen LogP contribution in [0.4, 0.5) is 8.78 Å². The van der Waals surface area contributed by atoms with Crippen LogP contribution in [-0.2, 0) is 16.3 Å². The molecule has 0 spiro atoms. The molecule has 25 heavy (non-hydrogen) atoms. The second-order valence-corrected chi connectivity index (χ2v) is 8.68. The van der Waals surface area contributed by atoms with E-state index in [1.54, 1.807) is 30.3 Å². The van der Waals surface area contributed by atoms with Crippen LogP contribution in [0, 0.1) is 17.6 Å². The van der Waals surface area contributed by atoms with Gasteiger partial charge in [-0.3, -0.25) is 0 Å². The van der Waals surface area contributed by atoms with Crippen molar-refractivity contribution in [3.05, 3.63) is 65.7 Å². The van der Waals surface area contributed by atoms with Crippen molar-refractivity contribution in [2.45, 2.75) is 17.7 Å². The highest BCUT2D eigenvalue weighted by atomic mass is 32.2. The van der Waals surface area contributed by atoms with Crippen molar-refractivity contribution < 1.29 is 17.2 Å². The Morgan fingerprint density at radius 2 is 1.72 bits per heavy atom. The fourth-order valence-corrected chi connectivity index (χ4v) is 4.65. The normalized spacial score (nSPS) is 18.6. The molecule has 1 aliphatic heterocycles. The molecule has 0 aliphatic carbocycles. The van der Waals surface area contributed by atoms with E-state index in [1.165, 1.54) is 12.1 Å². The standard InChI is InChI=1S/C19H21F2NO2S/c20-17-11-16(12-18(21)13-17)10-15-6-7-22(14-15)8-9-25(23,24)19-4-2-1-3-5-19/h1-5,11-13,15H,6-10,14H2. The Hall–Kier alpha value is -1.79. The number of rotatable bonds is 6. The van der Waals surface area contributed by atoms with Crippen LogP contribution in [0.5, 0.6) is 0 Å². The Balaban J connectivity index is 1.53. The van der Waals surface area contributed by atoms with Crippen molar-refractivity contribution >= 4 is 9.84 Å². The Bertz CT molecular complexity index is 804. The van der Waals surface area contributed by atoms with Crippen LogP contribution in [0.3, 0.4) is 0 Å². The molecule has 134 valence electrons. The molecule has 1 fully saturated rings. The second kappa shape index (κ2) is 7.62. The molecule has 0 radical (unpaired) electrons. The molecule has 3 nitrogen and oxygen atoms in total. The van der Waals surface area contributed by atoms with Gasteiger partial charge in [0.1, 0.15) is 11.6 Å². The number of hydrogen-bond donors (Lipinski definition) is 0. The molecular weight excluding hydrogens is 344 g/mol. The summed E-state index contributed by atoms with van der Waals surface area (Å²) in [6.45, 7) is 2.04. The highest BCUT2D eigenvalue weighted by molar-refractivity contribution is 7.91. The highest BCUT2D eigenvalue weighted by Gasteiger charge is 2.24. The summed E-state index contributed by atoms with van der Waals surface area (Å²) >= 11 is 0. The predicted molar refractivity (Wildman–Crippen MR) is 93.1 cm³/mol. The van der Waals surface area contributed by atoms with Gasteiger partial charge in [-0.25, -0.2) is 17.2 Å². The van der Waals surface area contributed by atoms with Gasteiger partial charge in [-0.15, -0.1) is 0 Å². The third-order valence-electron chi connectivity index (χ3n) is 4.60. The molecular formula is C19H21F2NO2S. The molecule has 2 aromatic carbocycles. The maximum Gasteiger partial charge on any atom is 0.179 e. The molecule has 0 saturated carbocycles. The van der Waals surface area contributed by atoms with Gasteiger partial charge in [0.15, 0.2) is 9.84 Å². The third-order valence-corrected chi connectivity index (χ3v) is 6.31. The van der Waals surface area contributed by atoms with Gasteiger partial charge in [0.05, 0.1) is 10.6 Å². The van der Waals surface area contributed by atoms with Crippen LogP contribution >= 0.6 is 0 Å². The van der Waals surface area contributed by atoms with Crippen molar-refractivity contribution in [3.63, 3.8) is 0 Å². The summed E-state index contributed by atoms with van der Waals surface area (Å²) in [6.07, 6.45) is 1.51. The summed E-state index contributed by atoms with van der Waals surface area (Å²) in [4.78, 5) is 2.46. The van der Waals surface area contributed by atoms with Crippen molar-refractivity contribution in [1.82, 2.24) is 4.90 Å². The number of nitrogens with zero attached hydrogens (tertiary/aromatic N) is 1. The fourth-order valence-electron chi connectivity index (χ4n) is 3.34. The summed E-state index contributed by atoms with van der Waals surface area (Å²) in [5.41, 5.74) is 0.654. The fraction of sp³-hybridized carbons (Fsp3) is 0.368. The smallest absolute Gasteiger partial charge is 0.179 e. The van der Waals surface area contributed by atoms with E-state index in [0.717, 1.165) is 25.6 Å². The lowest BCUT2D eigenvalue weighted by atomic mass is 9.98. The molecule has 0 amide bonds. The second-order valence-electron chi connectivity index (χ2n) is 6.57. The lowest BCUT2D eigenvalue weighted by Crippen LogP contribution is -2.27. The molecule has 0 bridgehead atoms. The van der Waals surface area contributed by atoms with Gasteiger partial charge in [-0.2, -0.15) is 0 Å². The van der Waals surface area contributed by atoms with E-state index in [2.05, 4.69) is 4.90 Å². The van der Waals surface area contributed by atoms with E-state index in [1.807, 2.05) is 0 Å². The van der Waals surface area contributed by atoms with Gasteiger partial charge in [0, 0.05) is 19.2 Å². The monoisotopic (exact) mass is 365 g/mol. The molecule has 2 aromatic rings. The third kappa shape index (κ3) is 4.86. The van der Waals surface area contributed by atoms with E-state index >= 15 is 0 Å². The Morgan fingerprint density at radius 1 is 1.04 bits per heavy atom. The first-order chi connectivity index (χ1) is 11.9. The minimum atomic E-state index is -3.28. The molecule has 0 N–H and O–H groups in total. The van der Waals surface area contributed by atoms with Gasteiger partial charge < -0.3 is 4.90 Å². The van der Waals surface area contributed by atoms with Crippen LogP contribution < -0.4 is 0 Å². The molecule has 1 aliphatic rings. The molecule has 1 atom stereocenters. The number of benzene rings is 2. The number of likely N-dealkylation sites (tertiary alicyclic amines) is 1. The maximum atomic E-state index is 13.3. The largest absolute Gasteiger partial charge is 0.302 e. The molecule has 6 heteroatoms. The first-order valence-corrected chi connectivity index (χ1v) is 10.0. The zero-order valence-corrected chi connectivity index (χ0v) is 14.7. The van der Waals surface area contributed by atoms with Crippen LogP contribution in [0.1, 0.15) is 12.0 Å². The first-order valence-electron chi connectivity index (χ1n) is 8.37. The first kappa shape index (κ1) is 18.0. The van der Waals surface area contributed by atoms with Gasteiger partial charge in [-0.05, 0) is 55.1 Å². The minimum Gasteiger partial charge on any atom is -0.302 e. The number of hydrogen-bond acceptors (Lipinski definition) is 3. The lowest BCUT2D eigenvalue weighted by Gasteiger charge is -2.16. The van der Waals surface area contributed by atoms with Gasteiger partial charge in [0.25, 0.3) is 0 Å². The molecule has 1 heterocycles. The van der Waals surface area contributed by atoms with E-state index in [4.69, 9.17) is 0 Å². The minimum absolute atomic E-state index is 0.0817. The summed E-state index contributed by atoms with van der Waals surface area (Å²) in [5, 5.41) is 0.